The fourth-order valence-corrected chi connectivity index (χ4v) is 4.93. The van der Waals surface area contributed by atoms with Crippen LogP contribution >= 0.6 is 0 Å². The molecule has 110 valence electrons. The third kappa shape index (κ3) is 1.94. The Morgan fingerprint density at radius 1 is 1.20 bits per heavy atom. The maximum Gasteiger partial charge on any atom is 0.318 e. The Labute approximate surface area is 120 Å². The van der Waals surface area contributed by atoms with Crippen LogP contribution in [0.1, 0.15) is 20.3 Å². The molecule has 2 bridgehead atoms. The molecule has 4 nitrogen and oxygen atoms in total. The van der Waals surface area contributed by atoms with Gasteiger partial charge in [0.25, 0.3) is 0 Å². The van der Waals surface area contributed by atoms with E-state index in [1.165, 1.54) is 0 Å². The molecule has 1 saturated heterocycles. The van der Waals surface area contributed by atoms with Gasteiger partial charge in [0, 0.05) is 5.92 Å². The van der Waals surface area contributed by atoms with Gasteiger partial charge in [-0.2, -0.15) is 0 Å². The van der Waals surface area contributed by atoms with Gasteiger partial charge in [0.05, 0.1) is 17.6 Å². The maximum atomic E-state index is 12.0. The number of fused-ring (bicyclic) bond motifs is 1. The Kier molecular flexibility index (Phi) is 2.75. The monoisotopic (exact) mass is 294 g/mol. The summed E-state index contributed by atoms with van der Waals surface area (Å²) in [7, 11) is -1.72. The van der Waals surface area contributed by atoms with Crippen LogP contribution in [0.25, 0.3) is 0 Å². The molecule has 0 unspecified atom stereocenters. The van der Waals surface area contributed by atoms with Crippen molar-refractivity contribution in [1.82, 2.24) is 0 Å². The van der Waals surface area contributed by atoms with Crippen LogP contribution in [0.15, 0.2) is 11.8 Å². The summed E-state index contributed by atoms with van der Waals surface area (Å²) in [6.45, 7) is 10.7. The lowest BCUT2D eigenvalue weighted by Gasteiger charge is -2.51. The number of cyclic esters (lactones) is 2. The van der Waals surface area contributed by atoms with Gasteiger partial charge in [0.1, 0.15) is 0 Å². The first-order valence-electron chi connectivity index (χ1n) is 7.26. The van der Waals surface area contributed by atoms with Gasteiger partial charge in [0.15, 0.2) is 0 Å². The van der Waals surface area contributed by atoms with Crippen molar-refractivity contribution in [2.24, 2.45) is 29.1 Å². The lowest BCUT2D eigenvalue weighted by molar-refractivity contribution is -0.154. The fourth-order valence-electron chi connectivity index (χ4n) is 4.00. The highest BCUT2D eigenvalue weighted by atomic mass is 28.4. The number of rotatable bonds is 2. The summed E-state index contributed by atoms with van der Waals surface area (Å²) in [5, 5.41) is 0. The standard InChI is InChI=1S/C15H22O4Si/c1-15(2)7-8-10(19-20(3,4)5)6-9(15)12-11(8)13(16)18-14(12)17/h6,8-9,11-12H,7H2,1-5H3/t8-,9+,11+,12-/m1/s1. The van der Waals surface area contributed by atoms with E-state index in [-0.39, 0.29) is 41.0 Å². The van der Waals surface area contributed by atoms with Crippen molar-refractivity contribution >= 4 is 20.3 Å². The number of ether oxygens (including phenoxy) is 1. The summed E-state index contributed by atoms with van der Waals surface area (Å²) < 4.78 is 11.1. The highest BCUT2D eigenvalue weighted by Crippen LogP contribution is 2.59. The fraction of sp³-hybridized carbons (Fsp3) is 0.733. The summed E-state index contributed by atoms with van der Waals surface area (Å²) in [6, 6.07) is 0. The molecule has 1 saturated carbocycles. The molecule has 4 rings (SSSR count). The summed E-state index contributed by atoms with van der Waals surface area (Å²) in [5.41, 5.74) is 0.0156. The van der Waals surface area contributed by atoms with E-state index in [0.717, 1.165) is 12.2 Å². The van der Waals surface area contributed by atoms with Gasteiger partial charge >= 0.3 is 11.9 Å². The zero-order valence-corrected chi connectivity index (χ0v) is 13.7. The predicted molar refractivity (Wildman–Crippen MR) is 76.0 cm³/mol. The molecule has 20 heavy (non-hydrogen) atoms. The van der Waals surface area contributed by atoms with E-state index in [1.54, 1.807) is 0 Å². The first kappa shape index (κ1) is 13.9. The Morgan fingerprint density at radius 2 is 1.80 bits per heavy atom. The van der Waals surface area contributed by atoms with Crippen molar-refractivity contribution in [2.75, 3.05) is 0 Å². The second-order valence-electron chi connectivity index (χ2n) is 7.90. The number of carbonyl (C=O) groups excluding carboxylic acids is 2. The minimum atomic E-state index is -1.72. The van der Waals surface area contributed by atoms with Crippen LogP contribution in [-0.4, -0.2) is 20.3 Å². The SMILES string of the molecule is CC1(C)C[C@@H]2C(O[Si](C)(C)C)=C[C@H]1[C@H]1C(=O)OC(=O)[C@H]12. The zero-order valence-electron chi connectivity index (χ0n) is 12.7. The van der Waals surface area contributed by atoms with Crippen LogP contribution in [-0.2, 0) is 18.8 Å². The number of carbonyl (C=O) groups is 2. The van der Waals surface area contributed by atoms with E-state index >= 15 is 0 Å². The van der Waals surface area contributed by atoms with Gasteiger partial charge in [-0.25, -0.2) is 0 Å². The molecule has 0 amide bonds. The van der Waals surface area contributed by atoms with Crippen LogP contribution in [0.4, 0.5) is 0 Å². The first-order chi connectivity index (χ1) is 9.10. The van der Waals surface area contributed by atoms with Crippen molar-refractivity contribution in [3.63, 3.8) is 0 Å². The number of allylic oxidation sites excluding steroid dienone is 2. The molecule has 0 aromatic carbocycles. The van der Waals surface area contributed by atoms with Crippen LogP contribution in [0, 0.1) is 29.1 Å². The number of esters is 2. The largest absolute Gasteiger partial charge is 0.547 e. The zero-order chi connectivity index (χ0) is 14.9. The smallest absolute Gasteiger partial charge is 0.318 e. The van der Waals surface area contributed by atoms with Crippen LogP contribution in [0.5, 0.6) is 0 Å². The molecule has 0 spiro atoms. The van der Waals surface area contributed by atoms with E-state index < -0.39 is 8.32 Å². The van der Waals surface area contributed by atoms with E-state index in [9.17, 15) is 9.59 Å². The lowest BCUT2D eigenvalue weighted by atomic mass is 9.52. The molecule has 4 atom stereocenters. The second kappa shape index (κ2) is 3.97. The van der Waals surface area contributed by atoms with E-state index in [2.05, 4.69) is 39.6 Å². The van der Waals surface area contributed by atoms with Crippen LogP contribution < -0.4 is 0 Å². The second-order valence-corrected chi connectivity index (χ2v) is 12.3. The maximum absolute atomic E-state index is 12.0. The minimum Gasteiger partial charge on any atom is -0.547 e. The Balaban J connectivity index is 2.02. The van der Waals surface area contributed by atoms with E-state index in [0.29, 0.717) is 0 Å². The Hall–Kier alpha value is -1.10. The van der Waals surface area contributed by atoms with Crippen LogP contribution in [0.2, 0.25) is 19.6 Å². The van der Waals surface area contributed by atoms with Crippen molar-refractivity contribution < 1.29 is 18.8 Å². The Morgan fingerprint density at radius 3 is 2.40 bits per heavy atom. The highest BCUT2D eigenvalue weighted by molar-refractivity contribution is 6.70. The number of hydrogen-bond donors (Lipinski definition) is 0. The van der Waals surface area contributed by atoms with Crippen molar-refractivity contribution in [1.29, 1.82) is 0 Å². The molecule has 4 aliphatic rings. The third-order valence-electron chi connectivity index (χ3n) is 4.73. The average molecular weight is 294 g/mol. The molecule has 5 heteroatoms. The molecule has 1 heterocycles. The van der Waals surface area contributed by atoms with Crippen LogP contribution in [0.3, 0.4) is 0 Å². The van der Waals surface area contributed by atoms with Crippen molar-refractivity contribution in [2.45, 2.75) is 39.9 Å². The summed E-state index contributed by atoms with van der Waals surface area (Å²) in [6.07, 6.45) is 2.99. The molecular weight excluding hydrogens is 272 g/mol. The van der Waals surface area contributed by atoms with Gasteiger partial charge < -0.3 is 9.16 Å². The highest BCUT2D eigenvalue weighted by Gasteiger charge is 2.62. The van der Waals surface area contributed by atoms with Gasteiger partial charge in [-0.3, -0.25) is 9.59 Å². The van der Waals surface area contributed by atoms with E-state index in [4.69, 9.17) is 9.16 Å². The van der Waals surface area contributed by atoms with Gasteiger partial charge in [-0.1, -0.05) is 13.8 Å². The van der Waals surface area contributed by atoms with Gasteiger partial charge in [-0.05, 0) is 43.5 Å². The quantitative estimate of drug-likeness (QED) is 0.446. The molecule has 0 N–H and O–H groups in total. The predicted octanol–water partition coefficient (Wildman–Crippen LogP) is 2.71. The molecule has 3 aliphatic carbocycles. The molecule has 0 aromatic rings. The van der Waals surface area contributed by atoms with E-state index in [1.807, 2.05) is 0 Å². The number of hydrogen-bond acceptors (Lipinski definition) is 4. The normalized spacial score (nSPS) is 38.4. The van der Waals surface area contributed by atoms with Crippen molar-refractivity contribution in [3.8, 4) is 0 Å². The lowest BCUT2D eigenvalue weighted by Crippen LogP contribution is -2.50. The summed E-state index contributed by atoms with van der Waals surface area (Å²) in [4.78, 5) is 24.0. The molecule has 2 fully saturated rings. The van der Waals surface area contributed by atoms with Gasteiger partial charge in [-0.15, -0.1) is 0 Å². The third-order valence-corrected chi connectivity index (χ3v) is 5.58. The molecule has 0 aromatic heterocycles. The molecule has 1 aliphatic heterocycles. The topological polar surface area (TPSA) is 52.6 Å². The molecular formula is C15H22O4Si. The van der Waals surface area contributed by atoms with Gasteiger partial charge in [0.2, 0.25) is 8.32 Å². The molecule has 0 radical (unpaired) electrons. The minimum absolute atomic E-state index is 0.00525. The summed E-state index contributed by atoms with van der Waals surface area (Å²) >= 11 is 0. The first-order valence-corrected chi connectivity index (χ1v) is 10.7. The van der Waals surface area contributed by atoms with Crippen molar-refractivity contribution in [3.05, 3.63) is 11.8 Å². The Bertz CT molecular complexity index is 514. The average Bonchev–Trinajstić information content (AvgIpc) is 2.55. The summed E-state index contributed by atoms with van der Waals surface area (Å²) in [5.74, 6) is -0.335.